The van der Waals surface area contributed by atoms with Crippen molar-refractivity contribution in [1.29, 1.82) is 0 Å². The first-order chi connectivity index (χ1) is 9.61. The molecule has 0 bridgehead atoms. The highest BCUT2D eigenvalue weighted by atomic mass is 35.5. The molecule has 4 heteroatoms. The molecule has 0 aromatic heterocycles. The van der Waals surface area contributed by atoms with Gasteiger partial charge >= 0.3 is 0 Å². The van der Waals surface area contributed by atoms with E-state index in [0.717, 1.165) is 30.1 Å². The van der Waals surface area contributed by atoms with Crippen LogP contribution in [-0.2, 0) is 11.2 Å². The van der Waals surface area contributed by atoms with E-state index in [1.807, 2.05) is 12.1 Å². The van der Waals surface area contributed by atoms with E-state index in [4.69, 9.17) is 16.3 Å². The molecule has 1 fully saturated rings. The molecule has 1 heterocycles. The number of hydrogen-bond donors (Lipinski definition) is 1. The minimum absolute atomic E-state index is 0.0110. The third-order valence-electron chi connectivity index (χ3n) is 4.35. The topological polar surface area (TPSA) is 38.3 Å². The number of carbonyl (C=O) groups is 1. The van der Waals surface area contributed by atoms with E-state index in [9.17, 15) is 4.79 Å². The number of halogens is 1. The van der Waals surface area contributed by atoms with E-state index in [2.05, 4.69) is 12.2 Å². The maximum atomic E-state index is 12.3. The molecule has 0 unspecified atom stereocenters. The molecule has 1 atom stereocenters. The summed E-state index contributed by atoms with van der Waals surface area (Å²) in [4.78, 5) is 12.3. The molecule has 3 rings (SSSR count). The van der Waals surface area contributed by atoms with Crippen LogP contribution in [-0.4, -0.2) is 18.1 Å². The van der Waals surface area contributed by atoms with Gasteiger partial charge in [-0.15, -0.1) is 0 Å². The minimum atomic E-state index is -0.400. The van der Waals surface area contributed by atoms with Gasteiger partial charge < -0.3 is 10.1 Å². The Bertz CT molecular complexity index is 509. The monoisotopic (exact) mass is 293 g/mol. The van der Waals surface area contributed by atoms with Gasteiger partial charge in [-0.25, -0.2) is 0 Å². The lowest BCUT2D eigenvalue weighted by Crippen LogP contribution is -2.44. The van der Waals surface area contributed by atoms with Gasteiger partial charge in [-0.1, -0.05) is 18.5 Å². The first kappa shape index (κ1) is 13.7. The SMILES string of the molecule is CC1CCC(NC(=O)[C@@H]2Cc3cc(Cl)ccc3O2)CC1. The normalized spacial score (nSPS) is 28.6. The fourth-order valence-corrected chi connectivity index (χ4v) is 3.26. The van der Waals surface area contributed by atoms with Crippen LogP contribution in [0.25, 0.3) is 0 Å². The summed E-state index contributed by atoms with van der Waals surface area (Å²) in [6.07, 6.45) is 4.78. The van der Waals surface area contributed by atoms with Crippen LogP contribution in [0, 0.1) is 5.92 Å². The van der Waals surface area contributed by atoms with Crippen molar-refractivity contribution in [1.82, 2.24) is 5.32 Å². The molecule has 108 valence electrons. The van der Waals surface area contributed by atoms with Crippen molar-refractivity contribution in [3.63, 3.8) is 0 Å². The number of nitrogens with one attached hydrogen (secondary N) is 1. The average molecular weight is 294 g/mol. The Kier molecular flexibility index (Phi) is 3.88. The fourth-order valence-electron chi connectivity index (χ4n) is 3.06. The third-order valence-corrected chi connectivity index (χ3v) is 4.59. The van der Waals surface area contributed by atoms with Gasteiger partial charge in [0.1, 0.15) is 5.75 Å². The molecule has 1 aliphatic carbocycles. The molecule has 1 aromatic carbocycles. The van der Waals surface area contributed by atoms with Gasteiger partial charge in [0.25, 0.3) is 5.91 Å². The molecule has 1 aliphatic heterocycles. The Morgan fingerprint density at radius 1 is 1.30 bits per heavy atom. The summed E-state index contributed by atoms with van der Waals surface area (Å²) >= 11 is 5.96. The molecule has 0 radical (unpaired) electrons. The molecule has 1 amide bonds. The van der Waals surface area contributed by atoms with Crippen molar-refractivity contribution in [2.24, 2.45) is 5.92 Å². The summed E-state index contributed by atoms with van der Waals surface area (Å²) in [5, 5.41) is 3.82. The Labute approximate surface area is 124 Å². The highest BCUT2D eigenvalue weighted by Gasteiger charge is 2.31. The van der Waals surface area contributed by atoms with Crippen LogP contribution < -0.4 is 10.1 Å². The number of amides is 1. The quantitative estimate of drug-likeness (QED) is 0.908. The average Bonchev–Trinajstić information content (AvgIpc) is 2.84. The number of benzene rings is 1. The van der Waals surface area contributed by atoms with Crippen molar-refractivity contribution < 1.29 is 9.53 Å². The van der Waals surface area contributed by atoms with E-state index >= 15 is 0 Å². The van der Waals surface area contributed by atoms with E-state index in [1.54, 1.807) is 6.07 Å². The van der Waals surface area contributed by atoms with Crippen molar-refractivity contribution in [3.8, 4) is 5.75 Å². The number of carbonyl (C=O) groups excluding carboxylic acids is 1. The summed E-state index contributed by atoms with van der Waals surface area (Å²) < 4.78 is 5.72. The second-order valence-electron chi connectivity index (χ2n) is 6.03. The molecule has 1 aromatic rings. The zero-order chi connectivity index (χ0) is 14.1. The van der Waals surface area contributed by atoms with E-state index in [-0.39, 0.29) is 5.91 Å². The van der Waals surface area contributed by atoms with Crippen molar-refractivity contribution in [2.75, 3.05) is 0 Å². The first-order valence-electron chi connectivity index (χ1n) is 7.37. The first-order valence-corrected chi connectivity index (χ1v) is 7.75. The summed E-state index contributed by atoms with van der Waals surface area (Å²) in [5.41, 5.74) is 1.02. The van der Waals surface area contributed by atoms with Crippen LogP contribution in [0.3, 0.4) is 0 Å². The van der Waals surface area contributed by atoms with Crippen molar-refractivity contribution >= 4 is 17.5 Å². The third kappa shape index (κ3) is 2.93. The largest absolute Gasteiger partial charge is 0.480 e. The number of fused-ring (bicyclic) bond motifs is 1. The van der Waals surface area contributed by atoms with Gasteiger partial charge in [0.2, 0.25) is 0 Å². The molecule has 0 saturated heterocycles. The maximum absolute atomic E-state index is 12.3. The van der Waals surface area contributed by atoms with Gasteiger partial charge in [-0.3, -0.25) is 4.79 Å². The smallest absolute Gasteiger partial charge is 0.261 e. The van der Waals surface area contributed by atoms with Gasteiger partial charge in [-0.05, 0) is 55.4 Å². The molecule has 20 heavy (non-hydrogen) atoms. The molecule has 1 saturated carbocycles. The highest BCUT2D eigenvalue weighted by molar-refractivity contribution is 6.30. The molecule has 3 nitrogen and oxygen atoms in total. The van der Waals surface area contributed by atoms with Crippen LogP contribution in [0.5, 0.6) is 5.75 Å². The molecule has 2 aliphatic rings. The van der Waals surface area contributed by atoms with E-state index in [1.165, 1.54) is 12.8 Å². The lowest BCUT2D eigenvalue weighted by Gasteiger charge is -2.27. The van der Waals surface area contributed by atoms with Crippen LogP contribution in [0.2, 0.25) is 5.02 Å². The number of ether oxygens (including phenoxy) is 1. The van der Waals surface area contributed by atoms with Crippen LogP contribution in [0.15, 0.2) is 18.2 Å². The highest BCUT2D eigenvalue weighted by Crippen LogP contribution is 2.31. The van der Waals surface area contributed by atoms with Crippen LogP contribution in [0.4, 0.5) is 0 Å². The van der Waals surface area contributed by atoms with Gasteiger partial charge in [0, 0.05) is 17.5 Å². The predicted molar refractivity (Wildman–Crippen MR) is 79.1 cm³/mol. The molecule has 1 N–H and O–H groups in total. The van der Waals surface area contributed by atoms with Crippen LogP contribution in [0.1, 0.15) is 38.2 Å². The lowest BCUT2D eigenvalue weighted by atomic mass is 9.87. The van der Waals surface area contributed by atoms with Crippen molar-refractivity contribution in [3.05, 3.63) is 28.8 Å². The summed E-state index contributed by atoms with van der Waals surface area (Å²) in [7, 11) is 0. The lowest BCUT2D eigenvalue weighted by molar-refractivity contribution is -0.128. The number of rotatable bonds is 2. The maximum Gasteiger partial charge on any atom is 0.261 e. The Morgan fingerprint density at radius 2 is 2.05 bits per heavy atom. The van der Waals surface area contributed by atoms with E-state index < -0.39 is 6.10 Å². The molecule has 0 spiro atoms. The summed E-state index contributed by atoms with van der Waals surface area (Å²) in [5.74, 6) is 1.58. The second kappa shape index (κ2) is 5.65. The van der Waals surface area contributed by atoms with Crippen LogP contribution >= 0.6 is 11.6 Å². The van der Waals surface area contributed by atoms with Gasteiger partial charge in [0.05, 0.1) is 0 Å². The minimum Gasteiger partial charge on any atom is -0.480 e. The Hall–Kier alpha value is -1.22. The Balaban J connectivity index is 1.57. The zero-order valence-electron chi connectivity index (χ0n) is 11.7. The van der Waals surface area contributed by atoms with Crippen molar-refractivity contribution in [2.45, 2.75) is 51.2 Å². The predicted octanol–water partition coefficient (Wildman–Crippen LogP) is 3.34. The van der Waals surface area contributed by atoms with Gasteiger partial charge in [-0.2, -0.15) is 0 Å². The summed E-state index contributed by atoms with van der Waals surface area (Å²) in [6, 6.07) is 5.83. The Morgan fingerprint density at radius 3 is 2.80 bits per heavy atom. The fraction of sp³-hybridized carbons (Fsp3) is 0.562. The van der Waals surface area contributed by atoms with Gasteiger partial charge in [0.15, 0.2) is 6.10 Å². The standard InChI is InChI=1S/C16H20ClNO2/c1-10-2-5-13(6-3-10)18-16(19)15-9-11-8-12(17)4-7-14(11)20-15/h4,7-8,10,13,15H,2-3,5-6,9H2,1H3,(H,18,19)/t10?,13?,15-/m0/s1. The van der Waals surface area contributed by atoms with E-state index in [0.29, 0.717) is 17.5 Å². The second-order valence-corrected chi connectivity index (χ2v) is 6.46. The molecular formula is C16H20ClNO2. The summed E-state index contributed by atoms with van der Waals surface area (Å²) in [6.45, 7) is 2.28. The zero-order valence-corrected chi connectivity index (χ0v) is 12.5. The molecular weight excluding hydrogens is 274 g/mol. The number of hydrogen-bond acceptors (Lipinski definition) is 2.